The molecule has 0 unspecified atom stereocenters. The molecule has 0 aromatic heterocycles. The molecular weight excluding hydrogens is 385 g/mol. The van der Waals surface area contributed by atoms with E-state index in [2.05, 4.69) is 0 Å². The largest absolute Gasteiger partial charge is 0.484 e. The van der Waals surface area contributed by atoms with Crippen LogP contribution in [0.2, 0.25) is 10.0 Å². The molecule has 1 fully saturated rings. The summed E-state index contributed by atoms with van der Waals surface area (Å²) in [6, 6.07) is 10.8. The predicted molar refractivity (Wildman–Crippen MR) is 105 cm³/mol. The maximum absolute atomic E-state index is 12.8. The Morgan fingerprint density at radius 1 is 1.15 bits per heavy atom. The Bertz CT molecular complexity index is 933. The zero-order valence-electron chi connectivity index (χ0n) is 14.9. The van der Waals surface area contributed by atoms with Crippen molar-refractivity contribution in [3.63, 3.8) is 0 Å². The average Bonchev–Trinajstić information content (AvgIpc) is 2.63. The van der Waals surface area contributed by atoms with E-state index in [0.717, 1.165) is 11.1 Å². The molecule has 4 rings (SSSR count). The first-order valence-corrected chi connectivity index (χ1v) is 9.70. The molecule has 2 aliphatic rings. The Labute approximate surface area is 168 Å². The molecule has 0 saturated carbocycles. The van der Waals surface area contributed by atoms with Crippen LogP contribution in [0, 0.1) is 6.92 Å². The van der Waals surface area contributed by atoms with Gasteiger partial charge in [0, 0.05) is 36.5 Å². The lowest BCUT2D eigenvalue weighted by Gasteiger charge is -2.44. The van der Waals surface area contributed by atoms with Gasteiger partial charge in [0.05, 0.1) is 17.0 Å². The lowest BCUT2D eigenvalue weighted by molar-refractivity contribution is -0.00566. The van der Waals surface area contributed by atoms with E-state index in [0.29, 0.717) is 47.3 Å². The number of hydrogen-bond donors (Lipinski definition) is 0. The third kappa shape index (κ3) is 3.32. The number of aryl methyl sites for hydroxylation is 1. The molecule has 0 N–H and O–H groups in total. The molecule has 0 radical (unpaired) electrons. The minimum atomic E-state index is -0.607. The van der Waals surface area contributed by atoms with Crippen LogP contribution in [-0.4, -0.2) is 35.3 Å². The topological polar surface area (TPSA) is 46.6 Å². The van der Waals surface area contributed by atoms with Crippen molar-refractivity contribution in [2.24, 2.45) is 0 Å². The molecule has 2 heterocycles. The second-order valence-electron chi connectivity index (χ2n) is 7.26. The molecule has 27 heavy (non-hydrogen) atoms. The molecule has 1 spiro atoms. The number of ether oxygens (including phenoxy) is 1. The molecule has 2 aromatic carbocycles. The summed E-state index contributed by atoms with van der Waals surface area (Å²) >= 11 is 12.3. The minimum Gasteiger partial charge on any atom is -0.484 e. The Kier molecular flexibility index (Phi) is 4.65. The normalized spacial score (nSPS) is 18.2. The SMILES string of the molecule is Cc1ccccc1C(=O)N1CCC2(CC1)CC(=O)c1cc(Cl)cc(Cl)c1O2. The highest BCUT2D eigenvalue weighted by Crippen LogP contribution is 2.44. The van der Waals surface area contributed by atoms with E-state index in [9.17, 15) is 9.59 Å². The number of nitrogens with zero attached hydrogens (tertiary/aromatic N) is 1. The Hall–Kier alpha value is -2.04. The maximum Gasteiger partial charge on any atom is 0.254 e. The second-order valence-corrected chi connectivity index (χ2v) is 8.10. The van der Waals surface area contributed by atoms with E-state index in [-0.39, 0.29) is 18.1 Å². The van der Waals surface area contributed by atoms with Crippen molar-refractivity contribution < 1.29 is 14.3 Å². The van der Waals surface area contributed by atoms with Gasteiger partial charge in [-0.15, -0.1) is 0 Å². The predicted octanol–water partition coefficient (Wildman–Crippen LogP) is 4.94. The van der Waals surface area contributed by atoms with Gasteiger partial charge in [0.15, 0.2) is 5.78 Å². The highest BCUT2D eigenvalue weighted by Gasteiger charge is 2.44. The number of amides is 1. The molecule has 2 aromatic rings. The summed E-state index contributed by atoms with van der Waals surface area (Å²) < 4.78 is 6.22. The fraction of sp³-hybridized carbons (Fsp3) is 0.333. The fourth-order valence-corrected chi connectivity index (χ4v) is 4.42. The Morgan fingerprint density at radius 2 is 1.85 bits per heavy atom. The molecule has 1 saturated heterocycles. The number of Topliss-reactive ketones (excluding diaryl/α,β-unsaturated/α-hetero) is 1. The Balaban J connectivity index is 1.53. The number of halogens is 2. The lowest BCUT2D eigenvalue weighted by Crippen LogP contribution is -2.52. The molecule has 140 valence electrons. The van der Waals surface area contributed by atoms with Crippen molar-refractivity contribution >= 4 is 34.9 Å². The standard InChI is InChI=1S/C21H19Cl2NO3/c1-13-4-2-3-5-15(13)20(26)24-8-6-21(7-9-24)12-18(25)16-10-14(22)11-17(23)19(16)27-21/h2-5,10-11H,6-9,12H2,1H3. The molecule has 6 heteroatoms. The van der Waals surface area contributed by atoms with Crippen molar-refractivity contribution in [2.75, 3.05) is 13.1 Å². The van der Waals surface area contributed by atoms with Crippen molar-refractivity contribution in [3.05, 3.63) is 63.1 Å². The quantitative estimate of drug-likeness (QED) is 0.676. The van der Waals surface area contributed by atoms with Crippen molar-refractivity contribution in [1.82, 2.24) is 4.90 Å². The van der Waals surface area contributed by atoms with Crippen molar-refractivity contribution in [2.45, 2.75) is 31.8 Å². The molecule has 4 nitrogen and oxygen atoms in total. The summed E-state index contributed by atoms with van der Waals surface area (Å²) in [4.78, 5) is 27.3. The number of likely N-dealkylation sites (tertiary alicyclic amines) is 1. The highest BCUT2D eigenvalue weighted by atomic mass is 35.5. The van der Waals surface area contributed by atoms with Crippen LogP contribution in [0.1, 0.15) is 45.5 Å². The molecule has 2 aliphatic heterocycles. The number of benzene rings is 2. The van der Waals surface area contributed by atoms with Gasteiger partial charge in [0.1, 0.15) is 11.4 Å². The third-order valence-electron chi connectivity index (χ3n) is 5.45. The number of carbonyl (C=O) groups excluding carboxylic acids is 2. The van der Waals surface area contributed by atoms with Gasteiger partial charge in [-0.05, 0) is 30.7 Å². The smallest absolute Gasteiger partial charge is 0.254 e. The first kappa shape index (κ1) is 18.3. The van der Waals surface area contributed by atoms with Crippen LogP contribution in [-0.2, 0) is 0 Å². The van der Waals surface area contributed by atoms with Gasteiger partial charge < -0.3 is 9.64 Å². The molecule has 0 atom stereocenters. The minimum absolute atomic E-state index is 0.0145. The zero-order valence-corrected chi connectivity index (χ0v) is 16.4. The van der Waals surface area contributed by atoms with Crippen molar-refractivity contribution in [1.29, 1.82) is 0 Å². The van der Waals surface area contributed by atoms with E-state index >= 15 is 0 Å². The fourth-order valence-electron chi connectivity index (χ4n) is 3.89. The van der Waals surface area contributed by atoms with E-state index in [1.165, 1.54) is 0 Å². The zero-order chi connectivity index (χ0) is 19.2. The van der Waals surface area contributed by atoms with Gasteiger partial charge in [-0.1, -0.05) is 41.4 Å². The van der Waals surface area contributed by atoms with Crippen LogP contribution in [0.3, 0.4) is 0 Å². The Morgan fingerprint density at radius 3 is 2.56 bits per heavy atom. The number of fused-ring (bicyclic) bond motifs is 1. The van der Waals surface area contributed by atoms with Gasteiger partial charge in [0.2, 0.25) is 0 Å². The summed E-state index contributed by atoms with van der Waals surface area (Å²) in [7, 11) is 0. The highest BCUT2D eigenvalue weighted by molar-refractivity contribution is 6.36. The van der Waals surface area contributed by atoms with Crippen LogP contribution in [0.4, 0.5) is 0 Å². The number of hydrogen-bond acceptors (Lipinski definition) is 3. The summed E-state index contributed by atoms with van der Waals surface area (Å²) in [5.74, 6) is 0.422. The molecule has 0 aliphatic carbocycles. The number of rotatable bonds is 1. The second kappa shape index (κ2) is 6.84. The number of ketones is 1. The van der Waals surface area contributed by atoms with E-state index in [4.69, 9.17) is 27.9 Å². The molecule has 0 bridgehead atoms. The summed E-state index contributed by atoms with van der Waals surface area (Å²) in [6.07, 6.45) is 1.46. The van der Waals surface area contributed by atoms with E-state index in [1.54, 1.807) is 12.1 Å². The van der Waals surface area contributed by atoms with Crippen LogP contribution in [0.5, 0.6) is 5.75 Å². The molecule has 1 amide bonds. The summed E-state index contributed by atoms with van der Waals surface area (Å²) in [5, 5.41) is 0.772. The van der Waals surface area contributed by atoms with Gasteiger partial charge in [-0.3, -0.25) is 9.59 Å². The monoisotopic (exact) mass is 403 g/mol. The van der Waals surface area contributed by atoms with Gasteiger partial charge in [-0.25, -0.2) is 0 Å². The first-order valence-electron chi connectivity index (χ1n) is 8.95. The van der Waals surface area contributed by atoms with Crippen LogP contribution in [0.15, 0.2) is 36.4 Å². The molecular formula is C21H19Cl2NO3. The first-order chi connectivity index (χ1) is 12.9. The third-order valence-corrected chi connectivity index (χ3v) is 5.95. The lowest BCUT2D eigenvalue weighted by atomic mass is 9.82. The maximum atomic E-state index is 12.8. The van der Waals surface area contributed by atoms with E-state index < -0.39 is 5.60 Å². The summed E-state index contributed by atoms with van der Waals surface area (Å²) in [6.45, 7) is 3.02. The van der Waals surface area contributed by atoms with Crippen LogP contribution >= 0.6 is 23.2 Å². The van der Waals surface area contributed by atoms with Gasteiger partial charge in [-0.2, -0.15) is 0 Å². The van der Waals surface area contributed by atoms with Crippen LogP contribution < -0.4 is 4.74 Å². The van der Waals surface area contributed by atoms with E-state index in [1.807, 2.05) is 36.1 Å². The average molecular weight is 404 g/mol. The van der Waals surface area contributed by atoms with Crippen molar-refractivity contribution in [3.8, 4) is 5.75 Å². The summed E-state index contributed by atoms with van der Waals surface area (Å²) in [5.41, 5.74) is 1.52. The van der Waals surface area contributed by atoms with Gasteiger partial charge in [0.25, 0.3) is 5.91 Å². The number of carbonyl (C=O) groups is 2. The van der Waals surface area contributed by atoms with Gasteiger partial charge >= 0.3 is 0 Å². The number of piperidine rings is 1. The van der Waals surface area contributed by atoms with Crippen LogP contribution in [0.25, 0.3) is 0 Å².